The summed E-state index contributed by atoms with van der Waals surface area (Å²) in [6.07, 6.45) is 21.4. The topological polar surface area (TPSA) is 24.9 Å². The average Bonchev–Trinajstić information content (AvgIpc) is 3.03. The molecule has 6 atom stereocenters. The van der Waals surface area contributed by atoms with Gasteiger partial charge in [-0.1, -0.05) is 44.2 Å². The van der Waals surface area contributed by atoms with Crippen LogP contribution in [0.5, 0.6) is 0 Å². The maximum atomic E-state index is 4.44. The van der Waals surface area contributed by atoms with E-state index >= 15 is 0 Å². The van der Waals surface area contributed by atoms with Crippen molar-refractivity contribution in [3.05, 3.63) is 60.1 Å². The molecule has 1 N–H and O–H groups in total. The number of hydrogen-bond donors (Lipinski definition) is 1. The molecular formula is C29H38N2. The number of allylic oxidation sites excluding steroid dienone is 5. The van der Waals surface area contributed by atoms with Crippen LogP contribution in [0, 0.1) is 34.0 Å². The van der Waals surface area contributed by atoms with Crippen molar-refractivity contribution < 1.29 is 0 Å². The van der Waals surface area contributed by atoms with Crippen molar-refractivity contribution in [3.8, 4) is 0 Å². The predicted molar refractivity (Wildman–Crippen MR) is 128 cm³/mol. The minimum atomic E-state index is 0.341. The zero-order valence-corrected chi connectivity index (χ0v) is 19.4. The lowest BCUT2D eigenvalue weighted by Crippen LogP contribution is -2.37. The van der Waals surface area contributed by atoms with Crippen LogP contribution in [0.1, 0.15) is 77.2 Å². The predicted octanol–water partition coefficient (Wildman–Crippen LogP) is 6.92. The molecule has 0 aliphatic heterocycles. The quantitative estimate of drug-likeness (QED) is 0.511. The van der Waals surface area contributed by atoms with E-state index < -0.39 is 0 Å². The summed E-state index contributed by atoms with van der Waals surface area (Å²) in [5, 5.41) is 3.54. The zero-order valence-electron chi connectivity index (χ0n) is 19.4. The molecule has 2 nitrogen and oxygen atoms in total. The van der Waals surface area contributed by atoms with Gasteiger partial charge in [0.05, 0.1) is 0 Å². The van der Waals surface area contributed by atoms with Crippen molar-refractivity contribution in [2.75, 3.05) is 6.54 Å². The minimum Gasteiger partial charge on any atom is -0.389 e. The van der Waals surface area contributed by atoms with E-state index in [0.717, 1.165) is 30.7 Å². The molecule has 5 aliphatic rings. The Bertz CT molecular complexity index is 958. The summed E-state index contributed by atoms with van der Waals surface area (Å²) in [7, 11) is 0. The van der Waals surface area contributed by atoms with Gasteiger partial charge < -0.3 is 5.32 Å². The Morgan fingerprint density at radius 3 is 2.94 bits per heavy atom. The molecule has 1 aromatic rings. The third-order valence-corrected chi connectivity index (χ3v) is 10.5. The van der Waals surface area contributed by atoms with E-state index in [1.54, 1.807) is 5.57 Å². The summed E-state index contributed by atoms with van der Waals surface area (Å²) in [6, 6.07) is 4.39. The Kier molecular flexibility index (Phi) is 4.37. The molecule has 3 fully saturated rings. The van der Waals surface area contributed by atoms with Gasteiger partial charge in [0.1, 0.15) is 0 Å². The van der Waals surface area contributed by atoms with Crippen LogP contribution in [0.15, 0.2) is 54.5 Å². The van der Waals surface area contributed by atoms with Crippen molar-refractivity contribution in [2.24, 2.45) is 34.0 Å². The highest BCUT2D eigenvalue weighted by Crippen LogP contribution is 2.90. The van der Waals surface area contributed by atoms with Gasteiger partial charge in [-0.3, -0.25) is 4.98 Å². The highest BCUT2D eigenvalue weighted by molar-refractivity contribution is 5.73. The Labute approximate surface area is 188 Å². The van der Waals surface area contributed by atoms with Gasteiger partial charge in [0.25, 0.3) is 0 Å². The first kappa shape index (κ1) is 19.8. The molecule has 6 rings (SSSR count). The Balaban J connectivity index is 1.20. The number of nitrogens with one attached hydrogen (secondary N) is 1. The summed E-state index contributed by atoms with van der Waals surface area (Å²) in [5.74, 6) is 2.67. The molecule has 0 saturated heterocycles. The fourth-order valence-corrected chi connectivity index (χ4v) is 9.16. The second-order valence-corrected chi connectivity index (χ2v) is 11.4. The van der Waals surface area contributed by atoms with Crippen molar-refractivity contribution >= 4 is 5.57 Å². The van der Waals surface area contributed by atoms with Crippen LogP contribution in [-0.4, -0.2) is 11.5 Å². The Morgan fingerprint density at radius 2 is 2.13 bits per heavy atom. The molecule has 5 aliphatic carbocycles. The maximum Gasteiger partial charge on any atom is 0.0343 e. The van der Waals surface area contributed by atoms with Gasteiger partial charge in [-0.2, -0.15) is 0 Å². The van der Waals surface area contributed by atoms with Gasteiger partial charge >= 0.3 is 0 Å². The molecule has 3 saturated carbocycles. The lowest BCUT2D eigenvalue weighted by atomic mass is 9.59. The average molecular weight is 415 g/mol. The number of hydrogen-bond acceptors (Lipinski definition) is 2. The van der Waals surface area contributed by atoms with E-state index in [1.807, 2.05) is 11.8 Å². The second-order valence-electron chi connectivity index (χ2n) is 11.4. The second kappa shape index (κ2) is 6.83. The van der Waals surface area contributed by atoms with E-state index in [9.17, 15) is 0 Å². The minimum absolute atomic E-state index is 0.341. The molecular weight excluding hydrogens is 376 g/mol. The molecule has 164 valence electrons. The first-order valence-corrected chi connectivity index (χ1v) is 12.8. The zero-order chi connectivity index (χ0) is 21.3. The van der Waals surface area contributed by atoms with Gasteiger partial charge in [-0.25, -0.2) is 0 Å². The summed E-state index contributed by atoms with van der Waals surface area (Å²) in [5.41, 5.74) is 7.53. The summed E-state index contributed by atoms with van der Waals surface area (Å²) < 4.78 is 0. The molecule has 6 unspecified atom stereocenters. The normalized spacial score (nSPS) is 41.9. The first-order chi connectivity index (χ1) is 15.1. The molecule has 0 radical (unpaired) electrons. The molecule has 2 heteroatoms. The largest absolute Gasteiger partial charge is 0.389 e. The molecule has 0 aromatic carbocycles. The van der Waals surface area contributed by atoms with Gasteiger partial charge in [-0.05, 0) is 104 Å². The van der Waals surface area contributed by atoms with Crippen LogP contribution in [0.25, 0.3) is 5.57 Å². The standard InChI is InChI=1S/C29H38N2/c1-4-20(2)31-17-12-21-9-14-28-23(18-21)10-15-29(28)25-8-7-24(22-6-5-16-30-19-22)27(25,3)13-11-26(28)29/h5-7,10,16,19,21,25-26,31H,2,4,8-9,11-15,17-18H2,1,3H3. The van der Waals surface area contributed by atoms with Crippen LogP contribution >= 0.6 is 0 Å². The van der Waals surface area contributed by atoms with Crippen molar-refractivity contribution in [1.29, 1.82) is 0 Å². The lowest BCUT2D eigenvalue weighted by molar-refractivity contribution is 0.0986. The van der Waals surface area contributed by atoms with Crippen LogP contribution in [0.3, 0.4) is 0 Å². The molecule has 1 heterocycles. The molecule has 31 heavy (non-hydrogen) atoms. The summed E-state index contributed by atoms with van der Waals surface area (Å²) in [4.78, 5) is 4.44. The van der Waals surface area contributed by atoms with Crippen molar-refractivity contribution in [3.63, 3.8) is 0 Å². The number of aromatic nitrogens is 1. The smallest absolute Gasteiger partial charge is 0.0343 e. The highest BCUT2D eigenvalue weighted by atomic mass is 14.9. The summed E-state index contributed by atoms with van der Waals surface area (Å²) in [6.45, 7) is 9.99. The van der Waals surface area contributed by atoms with E-state index in [4.69, 9.17) is 0 Å². The number of nitrogens with zero attached hydrogens (tertiary/aromatic N) is 1. The van der Waals surface area contributed by atoms with Gasteiger partial charge in [0.15, 0.2) is 0 Å². The lowest BCUT2D eigenvalue weighted by Gasteiger charge is -2.44. The molecule has 1 aromatic heterocycles. The number of rotatable bonds is 6. The monoisotopic (exact) mass is 414 g/mol. The van der Waals surface area contributed by atoms with E-state index in [-0.39, 0.29) is 0 Å². The third kappa shape index (κ3) is 2.48. The van der Waals surface area contributed by atoms with Crippen LogP contribution in [-0.2, 0) is 0 Å². The SMILES string of the molecule is C=C(CC)NCCC1CCC23C(=CCC24C2CC=C(c5cccnc5)C2(C)CCC34)C1. The van der Waals surface area contributed by atoms with E-state index in [0.29, 0.717) is 16.2 Å². The maximum absolute atomic E-state index is 4.44. The van der Waals surface area contributed by atoms with Gasteiger partial charge in [0.2, 0.25) is 0 Å². The van der Waals surface area contributed by atoms with E-state index in [2.05, 4.69) is 61.2 Å². The third-order valence-electron chi connectivity index (χ3n) is 10.5. The van der Waals surface area contributed by atoms with Gasteiger partial charge in [-0.15, -0.1) is 0 Å². The molecule has 0 amide bonds. The van der Waals surface area contributed by atoms with Crippen LogP contribution in [0.4, 0.5) is 0 Å². The Morgan fingerprint density at radius 1 is 1.23 bits per heavy atom. The van der Waals surface area contributed by atoms with Crippen molar-refractivity contribution in [1.82, 2.24) is 10.3 Å². The fourth-order valence-electron chi connectivity index (χ4n) is 9.16. The highest BCUT2D eigenvalue weighted by Gasteiger charge is 2.83. The van der Waals surface area contributed by atoms with Crippen molar-refractivity contribution in [2.45, 2.75) is 71.6 Å². The summed E-state index contributed by atoms with van der Waals surface area (Å²) >= 11 is 0. The van der Waals surface area contributed by atoms with E-state index in [1.165, 1.54) is 62.6 Å². The molecule has 0 bridgehead atoms. The number of pyridine rings is 1. The fraction of sp³-hybridized carbons (Fsp3) is 0.621. The number of fused-ring (bicyclic) bond motifs is 1. The first-order valence-electron chi connectivity index (χ1n) is 12.8. The van der Waals surface area contributed by atoms with Gasteiger partial charge in [0, 0.05) is 30.1 Å². The Hall–Kier alpha value is -1.83. The van der Waals surface area contributed by atoms with Crippen LogP contribution in [0.2, 0.25) is 0 Å². The van der Waals surface area contributed by atoms with Crippen LogP contribution < -0.4 is 5.32 Å². The molecule has 2 spiro atoms.